The summed E-state index contributed by atoms with van der Waals surface area (Å²) in [4.78, 5) is 13.6. The fourth-order valence-electron chi connectivity index (χ4n) is 1.71. The third kappa shape index (κ3) is 2.72. The number of allylic oxidation sites excluding steroid dienone is 2. The highest BCUT2D eigenvalue weighted by atomic mass is 16.1. The van der Waals surface area contributed by atoms with Gasteiger partial charge in [0.25, 0.3) is 0 Å². The van der Waals surface area contributed by atoms with Crippen LogP contribution in [0.2, 0.25) is 0 Å². The first kappa shape index (κ1) is 11.0. The Balaban J connectivity index is 2.34. The van der Waals surface area contributed by atoms with E-state index in [1.54, 1.807) is 6.08 Å². The van der Waals surface area contributed by atoms with Gasteiger partial charge in [-0.3, -0.25) is 4.79 Å². The molecule has 1 rings (SSSR count). The minimum atomic E-state index is 0.292. The van der Waals surface area contributed by atoms with Gasteiger partial charge < -0.3 is 4.90 Å². The summed E-state index contributed by atoms with van der Waals surface area (Å²) in [5.41, 5.74) is 1.12. The van der Waals surface area contributed by atoms with E-state index in [1.165, 1.54) is 0 Å². The van der Waals surface area contributed by atoms with Crippen LogP contribution < -0.4 is 0 Å². The van der Waals surface area contributed by atoms with Crippen molar-refractivity contribution in [3.8, 4) is 0 Å². The highest BCUT2D eigenvalue weighted by Crippen LogP contribution is 2.25. The van der Waals surface area contributed by atoms with Gasteiger partial charge in [0.1, 0.15) is 0 Å². The lowest BCUT2D eigenvalue weighted by Crippen LogP contribution is -2.25. The molecule has 0 aliphatic carbocycles. The van der Waals surface area contributed by atoms with Gasteiger partial charge in [0.15, 0.2) is 5.78 Å². The molecule has 0 aromatic rings. The molecule has 0 saturated carbocycles. The van der Waals surface area contributed by atoms with Crippen LogP contribution in [0.5, 0.6) is 0 Å². The molecule has 0 aromatic carbocycles. The number of hydrogen-bond acceptors (Lipinski definition) is 2. The van der Waals surface area contributed by atoms with Gasteiger partial charge in [-0.1, -0.05) is 19.6 Å². The Morgan fingerprint density at radius 3 is 2.93 bits per heavy atom. The van der Waals surface area contributed by atoms with E-state index < -0.39 is 0 Å². The van der Waals surface area contributed by atoms with E-state index in [1.807, 2.05) is 0 Å². The first-order valence-electron chi connectivity index (χ1n) is 5.21. The fourth-order valence-corrected chi connectivity index (χ4v) is 1.71. The van der Waals surface area contributed by atoms with Crippen molar-refractivity contribution in [2.75, 3.05) is 13.1 Å². The van der Waals surface area contributed by atoms with Gasteiger partial charge in [-0.2, -0.15) is 0 Å². The van der Waals surface area contributed by atoms with Crippen LogP contribution in [0.4, 0.5) is 0 Å². The largest absolute Gasteiger partial charge is 0.368 e. The maximum Gasteiger partial charge on any atom is 0.152 e. The van der Waals surface area contributed by atoms with Crippen molar-refractivity contribution in [1.82, 2.24) is 4.90 Å². The third-order valence-electron chi connectivity index (χ3n) is 2.80. The number of carbonyl (C=O) groups is 1. The Hall–Kier alpha value is -1.05. The Morgan fingerprint density at radius 1 is 1.71 bits per heavy atom. The molecule has 1 aliphatic heterocycles. The van der Waals surface area contributed by atoms with Crippen molar-refractivity contribution in [3.63, 3.8) is 0 Å². The van der Waals surface area contributed by atoms with E-state index in [0.717, 1.165) is 25.1 Å². The molecule has 2 nitrogen and oxygen atoms in total. The molecular formula is C12H19NO. The van der Waals surface area contributed by atoms with Gasteiger partial charge in [-0.15, -0.1) is 6.58 Å². The van der Waals surface area contributed by atoms with Crippen molar-refractivity contribution in [2.45, 2.75) is 26.2 Å². The van der Waals surface area contributed by atoms with Gasteiger partial charge >= 0.3 is 0 Å². The second-order valence-corrected chi connectivity index (χ2v) is 3.97. The Morgan fingerprint density at radius 2 is 2.43 bits per heavy atom. The molecule has 1 unspecified atom stereocenters. The zero-order valence-electron chi connectivity index (χ0n) is 8.96. The monoisotopic (exact) mass is 193 g/mol. The summed E-state index contributed by atoms with van der Waals surface area (Å²) in [5, 5.41) is 0. The van der Waals surface area contributed by atoms with Crippen LogP contribution in [0.15, 0.2) is 24.9 Å². The number of nitrogens with zero attached hydrogens (tertiary/aromatic N) is 1. The fraction of sp³-hybridized carbons (Fsp3) is 0.583. The molecule has 1 heterocycles. The number of carbonyl (C=O) groups excluding carboxylic acids is 1. The SMILES string of the molecule is C=CCCC(=O)CN1CCC(C)C1=C. The van der Waals surface area contributed by atoms with Gasteiger partial charge in [-0.25, -0.2) is 0 Å². The predicted molar refractivity (Wildman–Crippen MR) is 58.9 cm³/mol. The Labute approximate surface area is 86.3 Å². The zero-order valence-corrected chi connectivity index (χ0v) is 8.96. The van der Waals surface area contributed by atoms with E-state index in [0.29, 0.717) is 24.7 Å². The average molecular weight is 193 g/mol. The summed E-state index contributed by atoms with van der Waals surface area (Å²) >= 11 is 0. The predicted octanol–water partition coefficient (Wildman–Crippen LogP) is 2.38. The quantitative estimate of drug-likeness (QED) is 0.625. The molecule has 2 heteroatoms. The van der Waals surface area contributed by atoms with E-state index in [2.05, 4.69) is 25.0 Å². The maximum atomic E-state index is 11.5. The first-order chi connectivity index (χ1) is 6.65. The maximum absolute atomic E-state index is 11.5. The second kappa shape index (κ2) is 4.99. The summed E-state index contributed by atoms with van der Waals surface area (Å²) in [5.74, 6) is 0.836. The summed E-state index contributed by atoms with van der Waals surface area (Å²) in [6, 6.07) is 0. The van der Waals surface area contributed by atoms with E-state index in [4.69, 9.17) is 0 Å². The minimum Gasteiger partial charge on any atom is -0.368 e. The van der Waals surface area contributed by atoms with Gasteiger partial charge in [0.2, 0.25) is 0 Å². The van der Waals surface area contributed by atoms with Gasteiger partial charge in [-0.05, 0) is 18.8 Å². The summed E-state index contributed by atoms with van der Waals surface area (Å²) in [6.07, 6.45) is 4.32. The molecule has 0 N–H and O–H groups in total. The molecule has 1 atom stereocenters. The normalized spacial score (nSPS) is 21.4. The van der Waals surface area contributed by atoms with E-state index in [9.17, 15) is 4.79 Å². The molecule has 1 saturated heterocycles. The molecule has 14 heavy (non-hydrogen) atoms. The van der Waals surface area contributed by atoms with Crippen LogP contribution in [0, 0.1) is 5.92 Å². The van der Waals surface area contributed by atoms with Gasteiger partial charge in [0, 0.05) is 18.7 Å². The van der Waals surface area contributed by atoms with E-state index >= 15 is 0 Å². The molecule has 1 aliphatic rings. The molecular weight excluding hydrogens is 174 g/mol. The topological polar surface area (TPSA) is 20.3 Å². The lowest BCUT2D eigenvalue weighted by molar-refractivity contribution is -0.119. The van der Waals surface area contributed by atoms with Gasteiger partial charge in [0.05, 0.1) is 6.54 Å². The minimum absolute atomic E-state index is 0.292. The number of rotatable bonds is 5. The number of likely N-dealkylation sites (tertiary alicyclic amines) is 1. The zero-order chi connectivity index (χ0) is 10.6. The Bertz CT molecular complexity index is 245. The second-order valence-electron chi connectivity index (χ2n) is 3.97. The number of ketones is 1. The lowest BCUT2D eigenvalue weighted by atomic mass is 10.1. The average Bonchev–Trinajstić information content (AvgIpc) is 2.46. The summed E-state index contributed by atoms with van der Waals surface area (Å²) < 4.78 is 0. The van der Waals surface area contributed by atoms with Crippen LogP contribution in [0.1, 0.15) is 26.2 Å². The summed E-state index contributed by atoms with van der Waals surface area (Å²) in [7, 11) is 0. The number of Topliss-reactive ketones (excluding diaryl/α,β-unsaturated/α-hetero) is 1. The standard InChI is InChI=1S/C12H19NO/c1-4-5-6-12(14)9-13-8-7-10(2)11(13)3/h4,10H,1,3,5-9H2,2H3. The molecule has 78 valence electrons. The van der Waals surface area contributed by atoms with Crippen molar-refractivity contribution < 1.29 is 4.79 Å². The van der Waals surface area contributed by atoms with Crippen LogP contribution in [0.25, 0.3) is 0 Å². The third-order valence-corrected chi connectivity index (χ3v) is 2.80. The highest BCUT2D eigenvalue weighted by molar-refractivity contribution is 5.80. The van der Waals surface area contributed by atoms with Crippen LogP contribution in [0.3, 0.4) is 0 Å². The van der Waals surface area contributed by atoms with Crippen LogP contribution in [-0.4, -0.2) is 23.8 Å². The first-order valence-corrected chi connectivity index (χ1v) is 5.21. The van der Waals surface area contributed by atoms with Crippen LogP contribution >= 0.6 is 0 Å². The lowest BCUT2D eigenvalue weighted by Gasteiger charge is -2.19. The van der Waals surface area contributed by atoms with Crippen molar-refractivity contribution in [1.29, 1.82) is 0 Å². The van der Waals surface area contributed by atoms with Crippen molar-refractivity contribution >= 4 is 5.78 Å². The van der Waals surface area contributed by atoms with Crippen molar-refractivity contribution in [2.24, 2.45) is 5.92 Å². The van der Waals surface area contributed by atoms with Crippen molar-refractivity contribution in [3.05, 3.63) is 24.9 Å². The molecule has 0 radical (unpaired) electrons. The molecule has 1 fully saturated rings. The summed E-state index contributed by atoms with van der Waals surface area (Å²) in [6.45, 7) is 11.3. The molecule has 0 spiro atoms. The van der Waals surface area contributed by atoms with E-state index in [-0.39, 0.29) is 0 Å². The molecule has 0 aromatic heterocycles. The Kier molecular flexibility index (Phi) is 3.93. The highest BCUT2D eigenvalue weighted by Gasteiger charge is 2.23. The smallest absolute Gasteiger partial charge is 0.152 e. The molecule has 0 bridgehead atoms. The van der Waals surface area contributed by atoms with Crippen LogP contribution in [-0.2, 0) is 4.79 Å². The number of hydrogen-bond donors (Lipinski definition) is 0. The molecule has 0 amide bonds.